The summed E-state index contributed by atoms with van der Waals surface area (Å²) >= 11 is 0. The number of pyridine rings is 1. The second-order valence-electron chi connectivity index (χ2n) is 14.0. The molecule has 0 aliphatic heterocycles. The molecule has 0 bridgehead atoms. The number of carbonyl (C=O) groups excluding carboxylic acids is 2. The minimum atomic E-state index is -5.27. The molecule has 7 aromatic rings. The van der Waals surface area contributed by atoms with Gasteiger partial charge in [-0.1, -0.05) is 12.1 Å². The molecule has 0 fully saturated rings. The molecule has 1 amide bonds. The van der Waals surface area contributed by atoms with Crippen LogP contribution >= 0.6 is 0 Å². The normalized spacial score (nSPS) is 12.3. The van der Waals surface area contributed by atoms with E-state index < -0.39 is 88.4 Å². The summed E-state index contributed by atoms with van der Waals surface area (Å²) in [5.41, 5.74) is 4.36. The van der Waals surface area contributed by atoms with Crippen molar-refractivity contribution in [2.45, 2.75) is 26.5 Å². The van der Waals surface area contributed by atoms with E-state index in [1.165, 1.54) is 60.3 Å². The average molecular weight is 1050 g/mol. The number of anilines is 4. The van der Waals surface area contributed by atoms with Crippen molar-refractivity contribution in [2.75, 3.05) is 23.5 Å². The molecule has 1 radical (unpaired) electrons. The monoisotopic (exact) mass is 1050 g/mol. The third kappa shape index (κ3) is 11.5. The minimum Gasteiger partial charge on any atom is -0.545 e. The van der Waals surface area contributed by atoms with Gasteiger partial charge in [-0.25, -0.2) is 4.57 Å². The number of ether oxygens (including phenoxy) is 1. The first-order valence-electron chi connectivity index (χ1n) is 18.6. The minimum absolute atomic E-state index is 0. The van der Waals surface area contributed by atoms with E-state index >= 15 is 0 Å². The van der Waals surface area contributed by atoms with Crippen molar-refractivity contribution in [3.63, 3.8) is 0 Å². The molecule has 0 saturated heterocycles. The van der Waals surface area contributed by atoms with Crippen molar-refractivity contribution in [3.8, 4) is 11.7 Å². The third-order valence-corrected chi connectivity index (χ3v) is 12.9. The van der Waals surface area contributed by atoms with Crippen LogP contribution in [0.4, 0.5) is 46.0 Å². The Morgan fingerprint density at radius 1 is 0.686 bits per heavy atom. The smallest absolute Gasteiger partial charge is 0.444 e. The molecule has 7 rings (SSSR count). The van der Waals surface area contributed by atoms with E-state index in [9.17, 15) is 66.6 Å². The van der Waals surface area contributed by atoms with Crippen molar-refractivity contribution in [3.05, 3.63) is 96.8 Å². The van der Waals surface area contributed by atoms with Crippen LogP contribution in [-0.2, 0) is 45.3 Å². The van der Waals surface area contributed by atoms with Crippen molar-refractivity contribution >= 4 is 149 Å². The molecule has 0 atom stereocenters. The number of aromatic nitrogens is 4. The van der Waals surface area contributed by atoms with Gasteiger partial charge in [-0.15, -0.1) is 25.4 Å². The number of nitrogens with two attached hydrogens (primary N) is 1. The Bertz CT molecular complexity index is 3880. The van der Waals surface area contributed by atoms with Gasteiger partial charge in [-0.3, -0.25) is 23.0 Å². The topological polar surface area (TPSA) is 426 Å². The fourth-order valence-electron chi connectivity index (χ4n) is 6.51. The van der Waals surface area contributed by atoms with Gasteiger partial charge in [0.05, 0.1) is 47.4 Å². The number of nitrogens with one attached hydrogen (secondary N) is 2. The zero-order valence-electron chi connectivity index (χ0n) is 35.6. The molecule has 0 aliphatic rings. The van der Waals surface area contributed by atoms with Crippen molar-refractivity contribution in [1.82, 2.24) is 15.0 Å². The molecular weight excluding hydrogens is 1020 g/mol. The first kappa shape index (κ1) is 52.3. The van der Waals surface area contributed by atoms with Crippen molar-refractivity contribution in [1.29, 1.82) is 0 Å². The first-order valence-corrected chi connectivity index (χ1v) is 24.4. The Kier molecular flexibility index (Phi) is 14.8. The molecule has 5 aromatic carbocycles. The van der Waals surface area contributed by atoms with E-state index in [2.05, 4.69) is 46.0 Å². The van der Waals surface area contributed by atoms with Crippen LogP contribution in [0.15, 0.2) is 131 Å². The summed E-state index contributed by atoms with van der Waals surface area (Å²) in [5.74, 6) is -3.02. The summed E-state index contributed by atoms with van der Waals surface area (Å²) in [6, 6.07) is 13.9. The number of azo groups is 2. The number of rotatable bonds is 14. The number of hydrogen-bond donors (Lipinski definition) is 7. The maximum Gasteiger partial charge on any atom is 0.444 e. The summed E-state index contributed by atoms with van der Waals surface area (Å²) in [6.45, 7) is 1.11. The molecule has 27 nitrogen and oxygen atoms in total. The van der Waals surface area contributed by atoms with Crippen LogP contribution in [0, 0.1) is 0 Å². The van der Waals surface area contributed by atoms with E-state index in [0.29, 0.717) is 18.2 Å². The Labute approximate surface area is 416 Å². The van der Waals surface area contributed by atoms with Crippen molar-refractivity contribution in [2.24, 2.45) is 20.5 Å². The van der Waals surface area contributed by atoms with Crippen LogP contribution in [0.1, 0.15) is 17.3 Å². The molecule has 2 heterocycles. The number of carboxylic acids is 1. The molecule has 0 aliphatic carbocycles. The molecule has 32 heteroatoms. The van der Waals surface area contributed by atoms with Crippen LogP contribution in [0.3, 0.4) is 0 Å². The van der Waals surface area contributed by atoms with Crippen LogP contribution < -0.4 is 30.8 Å². The number of carboxylic acid groups (broad SMARTS) is 1. The van der Waals surface area contributed by atoms with E-state index in [4.69, 9.17) is 10.5 Å². The van der Waals surface area contributed by atoms with E-state index in [0.717, 1.165) is 31.3 Å². The van der Waals surface area contributed by atoms with Gasteiger partial charge >= 0.3 is 17.8 Å². The predicted molar refractivity (Wildman–Crippen MR) is 242 cm³/mol. The van der Waals surface area contributed by atoms with Gasteiger partial charge in [-0.05, 0) is 76.0 Å². The number of methoxy groups -OCH3 is 1. The molecule has 0 unspecified atom stereocenters. The van der Waals surface area contributed by atoms with Crippen LogP contribution in [0.2, 0.25) is 0 Å². The number of fused-ring (bicyclic) bond motifs is 2. The van der Waals surface area contributed by atoms with Gasteiger partial charge in [0.1, 0.15) is 37.5 Å². The zero-order chi connectivity index (χ0) is 50.4. The number of nitrogen functional groups attached to an aromatic ring is 1. The van der Waals surface area contributed by atoms with Crippen LogP contribution in [0.25, 0.3) is 27.5 Å². The second kappa shape index (κ2) is 19.8. The number of carbonyl (C=O) groups is 2. The fourth-order valence-corrected chi connectivity index (χ4v) is 9.23. The Morgan fingerprint density at radius 2 is 1.34 bits per heavy atom. The maximum absolute atomic E-state index is 12.7. The summed E-state index contributed by atoms with van der Waals surface area (Å²) < 4.78 is 145. The molecule has 357 valence electrons. The molecule has 70 heavy (non-hydrogen) atoms. The average Bonchev–Trinajstić information content (AvgIpc) is 3.25. The standard InChI is InChI=1S/C38H29N11O16S4.Na/c1-18(50)40-26-15-28(30(65-2)16-27(26)46-48-29-14-23-20(12-33(29)69(62,63)64)11-21(66(53,54)55)13-32(23)68(59,60)61)47-45-24-8-9-25(34-22(24)6-3-7-31(34)67(56,57)58)41-37-42-36(39)43-38(44-37)49-10-4-5-19(17-49)35(51)52;/h3-17H,1-2H3,(H8-,39,40,41,42,43,44,47,48,50,51,52,53,54,55,56,57,58,59,60,61,62,63,64);. The van der Waals surface area contributed by atoms with E-state index in [1.807, 2.05) is 0 Å². The quantitative estimate of drug-likeness (QED) is 0.0354. The van der Waals surface area contributed by atoms with Gasteiger partial charge in [0, 0.05) is 64.3 Å². The summed E-state index contributed by atoms with van der Waals surface area (Å²) in [7, 11) is -19.4. The number of amides is 1. The van der Waals surface area contributed by atoms with Gasteiger partial charge < -0.3 is 31.0 Å². The number of aromatic carboxylic acids is 1. The van der Waals surface area contributed by atoms with Gasteiger partial charge in [-0.2, -0.15) is 33.7 Å². The van der Waals surface area contributed by atoms with E-state index in [1.54, 1.807) is 0 Å². The van der Waals surface area contributed by atoms with Gasteiger partial charge in [0.2, 0.25) is 5.91 Å². The van der Waals surface area contributed by atoms with Crippen molar-refractivity contribution < 1.29 is 75.9 Å². The number of nitrogens with zero attached hydrogens (tertiary/aromatic N) is 8. The third-order valence-electron chi connectivity index (χ3n) is 9.37. The maximum atomic E-state index is 12.7. The summed E-state index contributed by atoms with van der Waals surface area (Å²) in [4.78, 5) is 32.4. The van der Waals surface area contributed by atoms with Crippen LogP contribution in [-0.4, -0.2) is 115 Å². The second-order valence-corrected chi connectivity index (χ2v) is 19.6. The zero-order valence-corrected chi connectivity index (χ0v) is 40.9. The fraction of sp³-hybridized carbons (Fsp3) is 0.0526. The summed E-state index contributed by atoms with van der Waals surface area (Å²) in [5, 5.41) is 32.0. The molecule has 2 aromatic heterocycles. The van der Waals surface area contributed by atoms with Crippen LogP contribution in [0.5, 0.6) is 5.75 Å². The van der Waals surface area contributed by atoms with E-state index in [-0.39, 0.29) is 97.9 Å². The van der Waals surface area contributed by atoms with Gasteiger partial charge in [0.25, 0.3) is 40.5 Å². The number of hydrogen-bond acceptors (Lipinski definition) is 21. The largest absolute Gasteiger partial charge is 0.545 e. The SMILES string of the molecule is COc1cc(N=Nc2cc3c(S(=O)(=O)O)cc(S(=O)(=O)O)cc3cc2S(=O)(=O)O)c(NC(C)=O)cc1N=Nc1ccc(Nc2nc(N)nc(-[n+]3cccc(C(=O)[O-])c3)n2)c2c(S(=O)(=O)O)cccc12.[Na]. The molecule has 0 spiro atoms. The molecule has 0 saturated carbocycles. The Morgan fingerprint density at radius 3 is 1.97 bits per heavy atom. The molecular formula is C38H29N11NaO16S4. The summed E-state index contributed by atoms with van der Waals surface area (Å²) in [6.07, 6.45) is 2.57. The predicted octanol–water partition coefficient (Wildman–Crippen LogP) is 3.55. The number of benzene rings is 5. The van der Waals surface area contributed by atoms with Gasteiger partial charge in [0.15, 0.2) is 0 Å². The molecule has 8 N–H and O–H groups in total. The Hall–Kier alpha value is -7.04. The first-order chi connectivity index (χ1) is 32.2. The Balaban J connectivity index is 0.00000804.